The molecule has 0 spiro atoms. The van der Waals surface area contributed by atoms with Crippen LogP contribution in [-0.2, 0) is 10.2 Å². The van der Waals surface area contributed by atoms with Gasteiger partial charge in [-0.2, -0.15) is 0 Å². The minimum Gasteiger partial charge on any atom is -0.399 e. The van der Waals surface area contributed by atoms with E-state index in [0.29, 0.717) is 12.1 Å². The number of benzene rings is 1. The highest BCUT2D eigenvalue weighted by atomic mass is 16.5. The Bertz CT molecular complexity index is 394. The summed E-state index contributed by atoms with van der Waals surface area (Å²) in [6, 6.07) is 8.82. The van der Waals surface area contributed by atoms with Crippen molar-refractivity contribution in [3.8, 4) is 0 Å². The smallest absolute Gasteiger partial charge is 0.0604 e. The number of nitrogens with one attached hydrogen (secondary N) is 1. The highest BCUT2D eigenvalue weighted by Gasteiger charge is 2.31. The standard InChI is InChI=1S/C16H26N2O/c1-4-19-15-9-14(10-15)18-11-16(2,3)12-5-7-13(17)8-6-12/h5-8,14-15,18H,4,9-11,17H2,1-3H3. The lowest BCUT2D eigenvalue weighted by Crippen LogP contribution is -2.49. The lowest BCUT2D eigenvalue weighted by Gasteiger charge is -2.38. The quantitative estimate of drug-likeness (QED) is 0.775. The van der Waals surface area contributed by atoms with Crippen LogP contribution in [0.4, 0.5) is 5.69 Å². The van der Waals surface area contributed by atoms with E-state index in [1.807, 2.05) is 12.1 Å². The Labute approximate surface area is 116 Å². The maximum Gasteiger partial charge on any atom is 0.0604 e. The van der Waals surface area contributed by atoms with Gasteiger partial charge in [0.05, 0.1) is 6.10 Å². The fourth-order valence-electron chi connectivity index (χ4n) is 2.54. The minimum absolute atomic E-state index is 0.129. The lowest BCUT2D eigenvalue weighted by atomic mass is 9.82. The van der Waals surface area contributed by atoms with Gasteiger partial charge in [-0.1, -0.05) is 26.0 Å². The molecule has 19 heavy (non-hydrogen) atoms. The van der Waals surface area contributed by atoms with Crippen LogP contribution in [0.2, 0.25) is 0 Å². The van der Waals surface area contributed by atoms with Crippen molar-refractivity contribution in [2.75, 3.05) is 18.9 Å². The van der Waals surface area contributed by atoms with Gasteiger partial charge in [-0.05, 0) is 37.5 Å². The molecule has 3 N–H and O–H groups in total. The van der Waals surface area contributed by atoms with E-state index in [4.69, 9.17) is 10.5 Å². The monoisotopic (exact) mass is 262 g/mol. The molecule has 3 nitrogen and oxygen atoms in total. The molecule has 0 heterocycles. The van der Waals surface area contributed by atoms with Gasteiger partial charge < -0.3 is 15.8 Å². The lowest BCUT2D eigenvalue weighted by molar-refractivity contribution is -0.0107. The van der Waals surface area contributed by atoms with Gasteiger partial charge in [-0.25, -0.2) is 0 Å². The fourth-order valence-corrected chi connectivity index (χ4v) is 2.54. The molecule has 1 saturated carbocycles. The average Bonchev–Trinajstić information content (AvgIpc) is 2.32. The van der Waals surface area contributed by atoms with E-state index in [0.717, 1.165) is 31.7 Å². The number of anilines is 1. The molecule has 0 bridgehead atoms. The molecule has 1 aliphatic rings. The molecular weight excluding hydrogens is 236 g/mol. The highest BCUT2D eigenvalue weighted by Crippen LogP contribution is 2.27. The molecule has 0 amide bonds. The van der Waals surface area contributed by atoms with Crippen molar-refractivity contribution in [3.63, 3.8) is 0 Å². The molecule has 0 radical (unpaired) electrons. The molecule has 0 saturated heterocycles. The molecule has 0 atom stereocenters. The van der Waals surface area contributed by atoms with Crippen LogP contribution >= 0.6 is 0 Å². The van der Waals surface area contributed by atoms with E-state index in [-0.39, 0.29) is 5.41 Å². The van der Waals surface area contributed by atoms with Crippen molar-refractivity contribution >= 4 is 5.69 Å². The first kappa shape index (κ1) is 14.4. The molecular formula is C16H26N2O. The second kappa shape index (κ2) is 5.93. The number of hydrogen-bond acceptors (Lipinski definition) is 3. The summed E-state index contributed by atoms with van der Waals surface area (Å²) in [6.07, 6.45) is 2.76. The molecule has 1 aromatic carbocycles. The van der Waals surface area contributed by atoms with Gasteiger partial charge in [0.2, 0.25) is 0 Å². The Hall–Kier alpha value is -1.06. The van der Waals surface area contributed by atoms with Crippen LogP contribution in [0.25, 0.3) is 0 Å². The average molecular weight is 262 g/mol. The topological polar surface area (TPSA) is 47.3 Å². The Morgan fingerprint density at radius 2 is 1.89 bits per heavy atom. The predicted molar refractivity (Wildman–Crippen MR) is 80.3 cm³/mol. The van der Waals surface area contributed by atoms with Crippen LogP contribution in [0.15, 0.2) is 24.3 Å². The van der Waals surface area contributed by atoms with Crippen LogP contribution in [-0.4, -0.2) is 25.3 Å². The first-order chi connectivity index (χ1) is 9.01. The number of rotatable bonds is 6. The Morgan fingerprint density at radius 1 is 1.26 bits per heavy atom. The van der Waals surface area contributed by atoms with Gasteiger partial charge in [0.25, 0.3) is 0 Å². The largest absolute Gasteiger partial charge is 0.399 e. The molecule has 0 unspecified atom stereocenters. The van der Waals surface area contributed by atoms with Gasteiger partial charge in [0.1, 0.15) is 0 Å². The summed E-state index contributed by atoms with van der Waals surface area (Å²) in [5, 5.41) is 3.65. The third-order valence-electron chi connectivity index (χ3n) is 4.02. The molecule has 1 aliphatic carbocycles. The number of ether oxygens (including phenoxy) is 1. The van der Waals surface area contributed by atoms with Crippen molar-refractivity contribution in [2.24, 2.45) is 0 Å². The summed E-state index contributed by atoms with van der Waals surface area (Å²) in [4.78, 5) is 0. The molecule has 106 valence electrons. The van der Waals surface area contributed by atoms with E-state index < -0.39 is 0 Å². The SMILES string of the molecule is CCOC1CC(NCC(C)(C)c2ccc(N)cc2)C1. The highest BCUT2D eigenvalue weighted by molar-refractivity contribution is 5.41. The van der Waals surface area contributed by atoms with Crippen molar-refractivity contribution in [1.29, 1.82) is 0 Å². The van der Waals surface area contributed by atoms with Gasteiger partial charge in [-0.15, -0.1) is 0 Å². The predicted octanol–water partition coefficient (Wildman–Crippen LogP) is 2.70. The summed E-state index contributed by atoms with van der Waals surface area (Å²) in [6.45, 7) is 8.41. The minimum atomic E-state index is 0.129. The molecule has 2 rings (SSSR count). The summed E-state index contributed by atoms with van der Waals surface area (Å²) in [5.74, 6) is 0. The van der Waals surface area contributed by atoms with Gasteiger partial charge in [0, 0.05) is 30.3 Å². The second-order valence-corrected chi connectivity index (χ2v) is 6.13. The zero-order valence-electron chi connectivity index (χ0n) is 12.3. The van der Waals surface area contributed by atoms with Crippen LogP contribution in [0.3, 0.4) is 0 Å². The Kier molecular flexibility index (Phi) is 4.48. The third-order valence-corrected chi connectivity index (χ3v) is 4.02. The summed E-state index contributed by atoms with van der Waals surface area (Å²) in [7, 11) is 0. The van der Waals surface area contributed by atoms with Gasteiger partial charge in [0.15, 0.2) is 0 Å². The second-order valence-electron chi connectivity index (χ2n) is 6.13. The van der Waals surface area contributed by atoms with E-state index in [1.54, 1.807) is 0 Å². The van der Waals surface area contributed by atoms with Crippen molar-refractivity contribution in [2.45, 2.75) is 51.2 Å². The van der Waals surface area contributed by atoms with Crippen LogP contribution in [0.5, 0.6) is 0 Å². The fraction of sp³-hybridized carbons (Fsp3) is 0.625. The summed E-state index contributed by atoms with van der Waals surface area (Å²) in [5.41, 5.74) is 8.02. The van der Waals surface area contributed by atoms with E-state index in [9.17, 15) is 0 Å². The third kappa shape index (κ3) is 3.71. The maximum atomic E-state index is 5.74. The van der Waals surface area contributed by atoms with Crippen LogP contribution in [0.1, 0.15) is 39.2 Å². The van der Waals surface area contributed by atoms with Gasteiger partial charge >= 0.3 is 0 Å². The molecule has 3 heteroatoms. The Morgan fingerprint density at radius 3 is 2.47 bits per heavy atom. The Balaban J connectivity index is 1.80. The molecule has 0 aliphatic heterocycles. The van der Waals surface area contributed by atoms with E-state index in [2.05, 4.69) is 38.2 Å². The first-order valence-electron chi connectivity index (χ1n) is 7.22. The van der Waals surface area contributed by atoms with Crippen LogP contribution in [0, 0.1) is 0 Å². The molecule has 1 fully saturated rings. The molecule has 0 aromatic heterocycles. The number of hydrogen-bond donors (Lipinski definition) is 2. The van der Waals surface area contributed by atoms with E-state index >= 15 is 0 Å². The number of nitrogens with two attached hydrogens (primary N) is 1. The van der Waals surface area contributed by atoms with Crippen molar-refractivity contribution in [3.05, 3.63) is 29.8 Å². The summed E-state index contributed by atoms with van der Waals surface area (Å²) >= 11 is 0. The van der Waals surface area contributed by atoms with Crippen molar-refractivity contribution in [1.82, 2.24) is 5.32 Å². The number of nitrogen functional groups attached to an aromatic ring is 1. The van der Waals surface area contributed by atoms with E-state index in [1.165, 1.54) is 5.56 Å². The molecule has 1 aromatic rings. The van der Waals surface area contributed by atoms with Crippen LogP contribution < -0.4 is 11.1 Å². The summed E-state index contributed by atoms with van der Waals surface area (Å²) < 4.78 is 5.58. The normalized spacial score (nSPS) is 23.1. The zero-order valence-corrected chi connectivity index (χ0v) is 12.3. The van der Waals surface area contributed by atoms with Crippen molar-refractivity contribution < 1.29 is 4.74 Å². The first-order valence-corrected chi connectivity index (χ1v) is 7.22. The zero-order chi connectivity index (χ0) is 13.9. The maximum absolute atomic E-state index is 5.74. The van der Waals surface area contributed by atoms with Gasteiger partial charge in [-0.3, -0.25) is 0 Å².